The van der Waals surface area contributed by atoms with Crippen molar-refractivity contribution in [1.82, 2.24) is 15.0 Å². The van der Waals surface area contributed by atoms with Gasteiger partial charge in [0.15, 0.2) is 17.5 Å². The van der Waals surface area contributed by atoms with Gasteiger partial charge in [-0.1, -0.05) is 188 Å². The van der Waals surface area contributed by atoms with E-state index in [1.165, 1.54) is 11.1 Å². The third-order valence-corrected chi connectivity index (χ3v) is 10.2. The van der Waals surface area contributed by atoms with E-state index < -0.39 is 0 Å². The number of aromatic nitrogens is 3. The van der Waals surface area contributed by atoms with E-state index in [0.717, 1.165) is 72.0 Å². The first-order valence-electron chi connectivity index (χ1n) is 18.4. The molecule has 0 fully saturated rings. The van der Waals surface area contributed by atoms with Crippen LogP contribution in [0.25, 0.3) is 101 Å². The van der Waals surface area contributed by atoms with Crippen molar-refractivity contribution in [3.63, 3.8) is 0 Å². The van der Waals surface area contributed by atoms with Crippen LogP contribution in [-0.2, 0) is 0 Å². The van der Waals surface area contributed by atoms with Crippen molar-refractivity contribution in [1.29, 1.82) is 0 Å². The van der Waals surface area contributed by atoms with Gasteiger partial charge in [-0.15, -0.1) is 0 Å². The lowest BCUT2D eigenvalue weighted by atomic mass is 9.92. The molecule has 258 valence electrons. The van der Waals surface area contributed by atoms with Crippen LogP contribution in [0.3, 0.4) is 0 Å². The smallest absolute Gasteiger partial charge is 0.164 e. The molecule has 0 saturated heterocycles. The zero-order valence-electron chi connectivity index (χ0n) is 29.8. The lowest BCUT2D eigenvalue weighted by molar-refractivity contribution is 0.671. The Morgan fingerprint density at radius 1 is 0.273 bits per heavy atom. The SMILES string of the molecule is c1ccc(-c2cccc(-c3cccc4c3oc3c(-c5ccccc5)c(-c5ccc(-c6nc(-c7ccccc7)nc(-c7ccccc7)n6)cc5)ccc34)c2)cc1. The van der Waals surface area contributed by atoms with Crippen LogP contribution < -0.4 is 0 Å². The first-order chi connectivity index (χ1) is 27.3. The van der Waals surface area contributed by atoms with Gasteiger partial charge >= 0.3 is 0 Å². The van der Waals surface area contributed by atoms with Crippen LogP contribution >= 0.6 is 0 Å². The average molecular weight is 704 g/mol. The second kappa shape index (κ2) is 13.8. The summed E-state index contributed by atoms with van der Waals surface area (Å²) in [4.78, 5) is 14.8. The van der Waals surface area contributed by atoms with Crippen LogP contribution in [0.15, 0.2) is 205 Å². The van der Waals surface area contributed by atoms with Gasteiger partial charge in [0.1, 0.15) is 11.2 Å². The van der Waals surface area contributed by atoms with Gasteiger partial charge in [0, 0.05) is 38.6 Å². The van der Waals surface area contributed by atoms with E-state index >= 15 is 0 Å². The van der Waals surface area contributed by atoms with Crippen molar-refractivity contribution in [3.05, 3.63) is 200 Å². The summed E-state index contributed by atoms with van der Waals surface area (Å²) in [5.74, 6) is 1.90. The normalized spacial score (nSPS) is 11.3. The Kier molecular flexibility index (Phi) is 8.12. The molecule has 55 heavy (non-hydrogen) atoms. The molecule has 10 rings (SSSR count). The zero-order valence-corrected chi connectivity index (χ0v) is 29.8. The summed E-state index contributed by atoms with van der Waals surface area (Å²) in [5, 5.41) is 2.18. The maximum Gasteiger partial charge on any atom is 0.164 e. The van der Waals surface area contributed by atoms with Gasteiger partial charge in [0.05, 0.1) is 0 Å². The number of rotatable bonds is 7. The highest BCUT2D eigenvalue weighted by molar-refractivity contribution is 6.15. The standard InChI is InChI=1S/C51H33N3O/c1-5-15-34(16-6-1)40-23-13-24-41(33-40)43-25-14-26-44-45-32-31-42(46(48(45)55-47(43)44)36-17-7-2-8-18-36)35-27-29-39(30-28-35)51-53-49(37-19-9-3-10-20-37)52-50(54-51)38-21-11-4-12-22-38/h1-33H. The number of hydrogen-bond donors (Lipinski definition) is 0. The van der Waals surface area contributed by atoms with Gasteiger partial charge in [-0.25, -0.2) is 15.0 Å². The van der Waals surface area contributed by atoms with Crippen molar-refractivity contribution in [2.45, 2.75) is 0 Å². The van der Waals surface area contributed by atoms with Crippen LogP contribution in [-0.4, -0.2) is 15.0 Å². The second-order valence-corrected chi connectivity index (χ2v) is 13.6. The molecule has 0 unspecified atom stereocenters. The highest BCUT2D eigenvalue weighted by atomic mass is 16.3. The third kappa shape index (κ3) is 6.06. The van der Waals surface area contributed by atoms with E-state index in [1.807, 2.05) is 66.7 Å². The van der Waals surface area contributed by atoms with Crippen molar-refractivity contribution < 1.29 is 4.42 Å². The molecule has 2 heterocycles. The molecule has 0 aliphatic heterocycles. The minimum atomic E-state index is 0.624. The molecule has 4 nitrogen and oxygen atoms in total. The monoisotopic (exact) mass is 703 g/mol. The minimum absolute atomic E-state index is 0.624. The van der Waals surface area contributed by atoms with Crippen LogP contribution in [0.4, 0.5) is 0 Å². The Morgan fingerprint density at radius 2 is 0.727 bits per heavy atom. The van der Waals surface area contributed by atoms with Crippen LogP contribution in [0.2, 0.25) is 0 Å². The quantitative estimate of drug-likeness (QED) is 0.166. The summed E-state index contributed by atoms with van der Waals surface area (Å²) < 4.78 is 7.01. The number of furan rings is 1. The minimum Gasteiger partial charge on any atom is -0.455 e. The molecule has 0 aliphatic carbocycles. The van der Waals surface area contributed by atoms with Gasteiger partial charge < -0.3 is 4.42 Å². The number of hydrogen-bond acceptors (Lipinski definition) is 4. The lowest BCUT2D eigenvalue weighted by Gasteiger charge is -2.12. The summed E-state index contributed by atoms with van der Waals surface area (Å²) in [6.45, 7) is 0. The topological polar surface area (TPSA) is 51.8 Å². The molecular weight excluding hydrogens is 671 g/mol. The van der Waals surface area contributed by atoms with Crippen LogP contribution in [0, 0.1) is 0 Å². The molecule has 0 spiro atoms. The molecular formula is C51H33N3O. The Bertz CT molecular complexity index is 2880. The summed E-state index contributed by atoms with van der Waals surface area (Å²) in [5.41, 5.74) is 13.4. The summed E-state index contributed by atoms with van der Waals surface area (Å²) >= 11 is 0. The van der Waals surface area contributed by atoms with Crippen LogP contribution in [0.5, 0.6) is 0 Å². The van der Waals surface area contributed by atoms with E-state index in [4.69, 9.17) is 19.4 Å². The van der Waals surface area contributed by atoms with E-state index in [-0.39, 0.29) is 0 Å². The summed E-state index contributed by atoms with van der Waals surface area (Å²) in [6, 6.07) is 69.2. The number of nitrogens with zero attached hydrogens (tertiary/aromatic N) is 3. The fraction of sp³-hybridized carbons (Fsp3) is 0. The summed E-state index contributed by atoms with van der Waals surface area (Å²) in [7, 11) is 0. The summed E-state index contributed by atoms with van der Waals surface area (Å²) in [6.07, 6.45) is 0. The molecule has 0 amide bonds. The molecule has 10 aromatic rings. The molecule has 0 radical (unpaired) electrons. The first-order valence-corrected chi connectivity index (χ1v) is 18.4. The molecule has 0 N–H and O–H groups in total. The van der Waals surface area contributed by atoms with Crippen molar-refractivity contribution in [3.8, 4) is 78.7 Å². The van der Waals surface area contributed by atoms with Crippen molar-refractivity contribution >= 4 is 21.9 Å². The number of para-hydroxylation sites is 1. The predicted octanol–water partition coefficient (Wildman–Crippen LogP) is 13.4. The highest BCUT2D eigenvalue weighted by Crippen LogP contribution is 2.44. The number of fused-ring (bicyclic) bond motifs is 3. The fourth-order valence-electron chi connectivity index (χ4n) is 7.45. The Labute approximate surface area is 319 Å². The first kappa shape index (κ1) is 32.2. The molecule has 0 atom stereocenters. The zero-order chi connectivity index (χ0) is 36.6. The molecule has 0 saturated carbocycles. The Hall–Kier alpha value is -7.43. The molecule has 2 aromatic heterocycles. The fourth-order valence-corrected chi connectivity index (χ4v) is 7.45. The van der Waals surface area contributed by atoms with Gasteiger partial charge in [0.25, 0.3) is 0 Å². The van der Waals surface area contributed by atoms with Gasteiger partial charge in [-0.05, 0) is 45.5 Å². The van der Waals surface area contributed by atoms with E-state index in [2.05, 4.69) is 133 Å². The van der Waals surface area contributed by atoms with Gasteiger partial charge in [-0.3, -0.25) is 0 Å². The van der Waals surface area contributed by atoms with Gasteiger partial charge in [0.2, 0.25) is 0 Å². The highest BCUT2D eigenvalue weighted by Gasteiger charge is 2.20. The van der Waals surface area contributed by atoms with E-state index in [0.29, 0.717) is 17.5 Å². The molecule has 4 heteroatoms. The van der Waals surface area contributed by atoms with E-state index in [9.17, 15) is 0 Å². The van der Waals surface area contributed by atoms with E-state index in [1.54, 1.807) is 0 Å². The van der Waals surface area contributed by atoms with Gasteiger partial charge in [-0.2, -0.15) is 0 Å². The maximum atomic E-state index is 7.01. The van der Waals surface area contributed by atoms with Crippen molar-refractivity contribution in [2.75, 3.05) is 0 Å². The Balaban J connectivity index is 1.10. The second-order valence-electron chi connectivity index (χ2n) is 13.6. The predicted molar refractivity (Wildman–Crippen MR) is 225 cm³/mol. The third-order valence-electron chi connectivity index (χ3n) is 10.2. The number of benzene rings is 8. The lowest BCUT2D eigenvalue weighted by Crippen LogP contribution is -2.00. The molecule has 0 aliphatic rings. The maximum absolute atomic E-state index is 7.01. The van der Waals surface area contributed by atoms with Crippen molar-refractivity contribution in [2.24, 2.45) is 0 Å². The van der Waals surface area contributed by atoms with Crippen LogP contribution in [0.1, 0.15) is 0 Å². The average Bonchev–Trinajstić information content (AvgIpc) is 3.66. The molecule has 8 aromatic carbocycles. The molecule has 0 bridgehead atoms. The largest absolute Gasteiger partial charge is 0.455 e. The Morgan fingerprint density at radius 3 is 1.33 bits per heavy atom.